The molecule has 2 fully saturated rings. The van der Waals surface area contributed by atoms with Crippen LogP contribution >= 0.6 is 0 Å². The SMILES string of the molecule is CCCCC(C(=O)O)N1CCC(N2CCCCC2)C1. The van der Waals surface area contributed by atoms with Gasteiger partial charge in [-0.25, -0.2) is 0 Å². The summed E-state index contributed by atoms with van der Waals surface area (Å²) in [7, 11) is 0. The largest absolute Gasteiger partial charge is 0.480 e. The number of hydrogen-bond donors (Lipinski definition) is 1. The van der Waals surface area contributed by atoms with Gasteiger partial charge in [-0.15, -0.1) is 0 Å². The molecule has 0 radical (unpaired) electrons. The van der Waals surface area contributed by atoms with E-state index in [1.165, 1.54) is 32.4 Å². The third-order valence-corrected chi connectivity index (χ3v) is 4.66. The van der Waals surface area contributed by atoms with E-state index in [0.717, 1.165) is 38.8 Å². The third-order valence-electron chi connectivity index (χ3n) is 4.66. The highest BCUT2D eigenvalue weighted by Gasteiger charge is 2.34. The van der Waals surface area contributed by atoms with Crippen LogP contribution in [0.4, 0.5) is 0 Å². The second-order valence-corrected chi connectivity index (χ2v) is 6.03. The molecule has 0 amide bonds. The van der Waals surface area contributed by atoms with Crippen LogP contribution in [0.15, 0.2) is 0 Å². The first-order valence-electron chi connectivity index (χ1n) is 7.93. The van der Waals surface area contributed by atoms with Gasteiger partial charge < -0.3 is 5.11 Å². The molecule has 2 unspecified atom stereocenters. The molecular formula is C15H28N2O2. The van der Waals surface area contributed by atoms with Crippen molar-refractivity contribution < 1.29 is 9.90 Å². The molecule has 2 rings (SSSR count). The van der Waals surface area contributed by atoms with Crippen LogP contribution in [-0.4, -0.2) is 59.1 Å². The summed E-state index contributed by atoms with van der Waals surface area (Å²) >= 11 is 0. The highest BCUT2D eigenvalue weighted by Crippen LogP contribution is 2.23. The lowest BCUT2D eigenvalue weighted by Crippen LogP contribution is -2.44. The Morgan fingerprint density at radius 3 is 2.63 bits per heavy atom. The molecule has 0 aromatic rings. The van der Waals surface area contributed by atoms with Crippen LogP contribution < -0.4 is 0 Å². The summed E-state index contributed by atoms with van der Waals surface area (Å²) in [6.07, 6.45) is 8.04. The number of hydrogen-bond acceptors (Lipinski definition) is 3. The van der Waals surface area contributed by atoms with Gasteiger partial charge in [-0.1, -0.05) is 26.2 Å². The number of rotatable bonds is 6. The topological polar surface area (TPSA) is 43.8 Å². The Balaban J connectivity index is 1.86. The average molecular weight is 268 g/mol. The molecule has 0 aromatic carbocycles. The number of likely N-dealkylation sites (tertiary alicyclic amines) is 2. The average Bonchev–Trinajstić information content (AvgIpc) is 2.89. The van der Waals surface area contributed by atoms with Crippen molar-refractivity contribution >= 4 is 5.97 Å². The predicted molar refractivity (Wildman–Crippen MR) is 76.4 cm³/mol. The van der Waals surface area contributed by atoms with Crippen molar-refractivity contribution in [3.8, 4) is 0 Å². The van der Waals surface area contributed by atoms with Gasteiger partial charge >= 0.3 is 5.97 Å². The zero-order chi connectivity index (χ0) is 13.7. The summed E-state index contributed by atoms with van der Waals surface area (Å²) < 4.78 is 0. The molecule has 1 N–H and O–H groups in total. The lowest BCUT2D eigenvalue weighted by molar-refractivity contribution is -0.143. The quantitative estimate of drug-likeness (QED) is 0.802. The van der Waals surface area contributed by atoms with Gasteiger partial charge in [0.15, 0.2) is 0 Å². The minimum atomic E-state index is -0.632. The van der Waals surface area contributed by atoms with Gasteiger partial charge in [-0.05, 0) is 38.8 Å². The molecule has 4 nitrogen and oxygen atoms in total. The minimum Gasteiger partial charge on any atom is -0.480 e. The Bertz CT molecular complexity index is 290. The highest BCUT2D eigenvalue weighted by atomic mass is 16.4. The van der Waals surface area contributed by atoms with Gasteiger partial charge in [0.25, 0.3) is 0 Å². The van der Waals surface area contributed by atoms with E-state index in [1.54, 1.807) is 0 Å². The molecule has 19 heavy (non-hydrogen) atoms. The van der Waals surface area contributed by atoms with Crippen LogP contribution in [0, 0.1) is 0 Å². The molecular weight excluding hydrogens is 240 g/mol. The molecule has 4 heteroatoms. The third kappa shape index (κ3) is 3.93. The second-order valence-electron chi connectivity index (χ2n) is 6.03. The summed E-state index contributed by atoms with van der Waals surface area (Å²) in [4.78, 5) is 16.2. The van der Waals surface area contributed by atoms with Crippen LogP contribution in [0.2, 0.25) is 0 Å². The molecule has 0 aromatic heterocycles. The fourth-order valence-electron chi connectivity index (χ4n) is 3.49. The first-order valence-corrected chi connectivity index (χ1v) is 7.93. The van der Waals surface area contributed by atoms with E-state index in [4.69, 9.17) is 0 Å². The van der Waals surface area contributed by atoms with Gasteiger partial charge in [0.2, 0.25) is 0 Å². The van der Waals surface area contributed by atoms with Gasteiger partial charge in [-0.3, -0.25) is 14.6 Å². The van der Waals surface area contributed by atoms with Crippen molar-refractivity contribution in [2.45, 2.75) is 64.0 Å². The molecule has 0 bridgehead atoms. The van der Waals surface area contributed by atoms with Crippen molar-refractivity contribution in [3.05, 3.63) is 0 Å². The number of piperidine rings is 1. The number of aliphatic carboxylic acids is 1. The zero-order valence-electron chi connectivity index (χ0n) is 12.2. The summed E-state index contributed by atoms with van der Waals surface area (Å²) in [6, 6.07) is 0.346. The summed E-state index contributed by atoms with van der Waals surface area (Å²) in [5, 5.41) is 9.40. The van der Waals surface area contributed by atoms with E-state index < -0.39 is 5.97 Å². The van der Waals surface area contributed by atoms with E-state index in [-0.39, 0.29) is 6.04 Å². The van der Waals surface area contributed by atoms with Crippen molar-refractivity contribution in [3.63, 3.8) is 0 Å². The molecule has 0 spiro atoms. The van der Waals surface area contributed by atoms with Crippen LogP contribution in [0.3, 0.4) is 0 Å². The second kappa shape index (κ2) is 7.25. The van der Waals surface area contributed by atoms with Gasteiger partial charge in [-0.2, -0.15) is 0 Å². The summed E-state index contributed by atoms with van der Waals surface area (Å²) in [5.41, 5.74) is 0. The summed E-state index contributed by atoms with van der Waals surface area (Å²) in [5.74, 6) is -0.632. The van der Waals surface area contributed by atoms with E-state index in [1.807, 2.05) is 0 Å². The van der Waals surface area contributed by atoms with Crippen LogP contribution in [0.1, 0.15) is 51.9 Å². The van der Waals surface area contributed by atoms with E-state index in [2.05, 4.69) is 16.7 Å². The standard InChI is InChI=1S/C15H28N2O2/c1-2-3-7-14(15(18)19)17-11-8-13(12-17)16-9-5-4-6-10-16/h13-14H,2-12H2,1H3,(H,18,19). The molecule has 0 saturated carbocycles. The van der Waals surface area contributed by atoms with Crippen LogP contribution in [0.25, 0.3) is 0 Å². The van der Waals surface area contributed by atoms with E-state index >= 15 is 0 Å². The molecule has 110 valence electrons. The highest BCUT2D eigenvalue weighted by molar-refractivity contribution is 5.73. The van der Waals surface area contributed by atoms with Crippen LogP contribution in [0.5, 0.6) is 0 Å². The van der Waals surface area contributed by atoms with Gasteiger partial charge in [0.05, 0.1) is 0 Å². The van der Waals surface area contributed by atoms with Gasteiger partial charge in [0, 0.05) is 19.1 Å². The number of carboxylic acids is 1. The normalized spacial score (nSPS) is 27.5. The molecule has 0 aliphatic carbocycles. The number of carbonyl (C=O) groups is 1. The van der Waals surface area contributed by atoms with Crippen molar-refractivity contribution in [1.82, 2.24) is 9.80 Å². The van der Waals surface area contributed by atoms with E-state index in [9.17, 15) is 9.90 Å². The van der Waals surface area contributed by atoms with E-state index in [0.29, 0.717) is 6.04 Å². The Kier molecular flexibility index (Phi) is 5.64. The molecule has 2 heterocycles. The maximum atomic E-state index is 11.4. The molecule has 2 aliphatic heterocycles. The Labute approximate surface area is 116 Å². The zero-order valence-corrected chi connectivity index (χ0v) is 12.2. The minimum absolute atomic E-state index is 0.255. The van der Waals surface area contributed by atoms with Crippen molar-refractivity contribution in [1.29, 1.82) is 0 Å². The number of carboxylic acid groups (broad SMARTS) is 1. The maximum absolute atomic E-state index is 11.4. The lowest BCUT2D eigenvalue weighted by atomic mass is 10.1. The smallest absolute Gasteiger partial charge is 0.320 e. The van der Waals surface area contributed by atoms with Crippen LogP contribution in [-0.2, 0) is 4.79 Å². The van der Waals surface area contributed by atoms with Crippen molar-refractivity contribution in [2.24, 2.45) is 0 Å². The van der Waals surface area contributed by atoms with Crippen molar-refractivity contribution in [2.75, 3.05) is 26.2 Å². The molecule has 2 atom stereocenters. The first kappa shape index (κ1) is 14.8. The fourth-order valence-corrected chi connectivity index (χ4v) is 3.49. The monoisotopic (exact) mass is 268 g/mol. The maximum Gasteiger partial charge on any atom is 0.320 e. The first-order chi connectivity index (χ1) is 9.22. The predicted octanol–water partition coefficient (Wildman–Crippen LogP) is 2.19. The lowest BCUT2D eigenvalue weighted by Gasteiger charge is -2.33. The number of nitrogens with zero attached hydrogens (tertiary/aromatic N) is 2. The Morgan fingerprint density at radius 1 is 1.26 bits per heavy atom. The summed E-state index contributed by atoms with van der Waals surface area (Å²) in [6.45, 7) is 6.47. The molecule has 2 aliphatic rings. The fraction of sp³-hybridized carbons (Fsp3) is 0.933. The van der Waals surface area contributed by atoms with Gasteiger partial charge in [0.1, 0.15) is 6.04 Å². The molecule has 2 saturated heterocycles. The Morgan fingerprint density at radius 2 is 2.00 bits per heavy atom. The number of unbranched alkanes of at least 4 members (excludes halogenated alkanes) is 1. The Hall–Kier alpha value is -0.610.